The van der Waals surface area contributed by atoms with Crippen LogP contribution in [0.25, 0.3) is 10.9 Å². The third kappa shape index (κ3) is 3.91. The maximum atomic E-state index is 5.94. The van der Waals surface area contributed by atoms with Crippen LogP contribution in [0.4, 0.5) is 5.82 Å². The van der Waals surface area contributed by atoms with Crippen molar-refractivity contribution in [3.8, 4) is 5.75 Å². The molecule has 1 aliphatic carbocycles. The van der Waals surface area contributed by atoms with Gasteiger partial charge in [0.1, 0.15) is 24.5 Å². The van der Waals surface area contributed by atoms with Crippen LogP contribution in [-0.2, 0) is 0 Å². The van der Waals surface area contributed by atoms with E-state index in [9.17, 15) is 0 Å². The number of anilines is 1. The zero-order valence-corrected chi connectivity index (χ0v) is 14.8. The molecule has 0 spiro atoms. The summed E-state index contributed by atoms with van der Waals surface area (Å²) in [6.45, 7) is 4.73. The number of nitrogens with one attached hydrogen (secondary N) is 1. The van der Waals surface area contributed by atoms with E-state index in [4.69, 9.17) is 4.74 Å². The molecule has 119 valence electrons. The molecule has 1 radical (unpaired) electrons. The van der Waals surface area contributed by atoms with E-state index >= 15 is 0 Å². The van der Waals surface area contributed by atoms with E-state index in [0.29, 0.717) is 12.6 Å². The monoisotopic (exact) mass is 372 g/mol. The molecule has 0 amide bonds. The highest BCUT2D eigenvalue weighted by Crippen LogP contribution is 2.32. The van der Waals surface area contributed by atoms with E-state index in [-0.39, 0.29) is 0 Å². The zero-order valence-electron chi connectivity index (χ0n) is 13.2. The van der Waals surface area contributed by atoms with Crippen LogP contribution >= 0.6 is 15.9 Å². The molecule has 1 aromatic heterocycles. The summed E-state index contributed by atoms with van der Waals surface area (Å²) in [6.07, 6.45) is 11.0. The average molecular weight is 373 g/mol. The van der Waals surface area contributed by atoms with Gasteiger partial charge in [-0.15, -0.1) is 0 Å². The second-order valence-corrected chi connectivity index (χ2v) is 6.57. The van der Waals surface area contributed by atoms with Crippen molar-refractivity contribution in [2.24, 2.45) is 0 Å². The summed E-state index contributed by atoms with van der Waals surface area (Å²) < 4.78 is 6.85. The normalized spacial score (nSPS) is 14.2. The van der Waals surface area contributed by atoms with Crippen LogP contribution in [0.3, 0.4) is 0 Å². The highest BCUT2D eigenvalue weighted by Gasteiger charge is 2.10. The first-order valence-electron chi connectivity index (χ1n) is 7.66. The van der Waals surface area contributed by atoms with E-state index in [1.807, 2.05) is 12.1 Å². The lowest BCUT2D eigenvalue weighted by Crippen LogP contribution is -2.11. The zero-order chi connectivity index (χ0) is 16.2. The molecule has 1 heterocycles. The van der Waals surface area contributed by atoms with Crippen molar-refractivity contribution in [3.05, 3.63) is 53.2 Å². The van der Waals surface area contributed by atoms with Gasteiger partial charge in [-0.2, -0.15) is 0 Å². The van der Waals surface area contributed by atoms with Crippen molar-refractivity contribution in [2.45, 2.75) is 26.3 Å². The Hall–Kier alpha value is -1.88. The van der Waals surface area contributed by atoms with Gasteiger partial charge in [-0.1, -0.05) is 18.2 Å². The first-order chi connectivity index (χ1) is 11.1. The number of benzene rings is 1. The van der Waals surface area contributed by atoms with Crippen molar-refractivity contribution < 1.29 is 4.74 Å². The second kappa shape index (κ2) is 7.13. The van der Waals surface area contributed by atoms with Crippen molar-refractivity contribution in [1.29, 1.82) is 0 Å². The Bertz CT molecular complexity index is 768. The Kier molecular flexibility index (Phi) is 4.96. The number of nitrogens with zero attached hydrogens (tertiary/aromatic N) is 2. The summed E-state index contributed by atoms with van der Waals surface area (Å²) in [4.78, 5) is 8.69. The number of hydrogen-bond donors (Lipinski definition) is 1. The fourth-order valence-corrected chi connectivity index (χ4v) is 2.84. The third-order valence-corrected chi connectivity index (χ3v) is 4.09. The molecule has 4 nitrogen and oxygen atoms in total. The Balaban J connectivity index is 1.86. The number of halogens is 1. The van der Waals surface area contributed by atoms with Crippen LogP contribution in [-0.4, -0.2) is 22.6 Å². The van der Waals surface area contributed by atoms with Gasteiger partial charge in [-0.3, -0.25) is 0 Å². The van der Waals surface area contributed by atoms with Crippen molar-refractivity contribution in [2.75, 3.05) is 11.9 Å². The minimum Gasteiger partial charge on any atom is -0.488 e. The van der Waals surface area contributed by atoms with Crippen LogP contribution in [0, 0.1) is 6.42 Å². The quantitative estimate of drug-likeness (QED) is 0.827. The molecule has 0 unspecified atom stereocenters. The molecule has 3 rings (SSSR count). The molecule has 23 heavy (non-hydrogen) atoms. The van der Waals surface area contributed by atoms with Crippen LogP contribution in [0.5, 0.6) is 5.75 Å². The molecule has 1 aromatic carbocycles. The van der Waals surface area contributed by atoms with E-state index in [0.717, 1.165) is 33.4 Å². The number of allylic oxidation sites excluding steroid dienone is 2. The standard InChI is InChI=1S/C18H19BrN3O/c1-12(2)22-18-14-8-15(19)17(9-16(14)20-11-21-18)23-10-13-6-4-3-5-7-13/h3-4,6-9,11-12H,5,10H2,1-2H3,(H,20,21,22). The Morgan fingerprint density at radius 1 is 1.30 bits per heavy atom. The van der Waals surface area contributed by atoms with Gasteiger partial charge in [0, 0.05) is 17.5 Å². The number of ether oxygens (including phenoxy) is 1. The number of rotatable bonds is 5. The van der Waals surface area contributed by atoms with E-state index < -0.39 is 0 Å². The molecule has 1 aliphatic rings. The number of aromatic nitrogens is 2. The fraction of sp³-hybridized carbons (Fsp3) is 0.278. The van der Waals surface area contributed by atoms with Crippen LogP contribution in [0.2, 0.25) is 0 Å². The topological polar surface area (TPSA) is 47.0 Å². The van der Waals surface area contributed by atoms with Gasteiger partial charge in [0.05, 0.1) is 9.99 Å². The molecular formula is C18H19BrN3O. The second-order valence-electron chi connectivity index (χ2n) is 5.72. The molecule has 5 heteroatoms. The summed E-state index contributed by atoms with van der Waals surface area (Å²) in [6, 6.07) is 4.27. The minimum atomic E-state index is 0.310. The van der Waals surface area contributed by atoms with Crippen LogP contribution in [0.15, 0.2) is 46.7 Å². The summed E-state index contributed by atoms with van der Waals surface area (Å²) in [5.74, 6) is 1.63. The molecule has 0 bridgehead atoms. The van der Waals surface area contributed by atoms with Gasteiger partial charge in [-0.25, -0.2) is 9.97 Å². The van der Waals surface area contributed by atoms with E-state index in [1.54, 1.807) is 6.33 Å². The minimum absolute atomic E-state index is 0.310. The third-order valence-electron chi connectivity index (χ3n) is 3.47. The van der Waals surface area contributed by atoms with Gasteiger partial charge in [0.15, 0.2) is 0 Å². The maximum Gasteiger partial charge on any atom is 0.137 e. The molecule has 0 aliphatic heterocycles. The lowest BCUT2D eigenvalue weighted by molar-refractivity contribution is 0.353. The number of fused-ring (bicyclic) bond motifs is 1. The van der Waals surface area contributed by atoms with Gasteiger partial charge in [0.2, 0.25) is 0 Å². The molecule has 0 saturated carbocycles. The molecule has 0 saturated heterocycles. The molecule has 0 atom stereocenters. The fourth-order valence-electron chi connectivity index (χ4n) is 2.38. The Morgan fingerprint density at radius 2 is 2.17 bits per heavy atom. The SMILES string of the molecule is CC(C)Nc1ncnc2cc(OCC3=CC[CH]C=C3)c(Br)cc12. The molecule has 0 fully saturated rings. The maximum absolute atomic E-state index is 5.94. The Morgan fingerprint density at radius 3 is 2.91 bits per heavy atom. The van der Waals surface area contributed by atoms with Gasteiger partial charge in [0.25, 0.3) is 0 Å². The highest BCUT2D eigenvalue weighted by molar-refractivity contribution is 9.10. The van der Waals surface area contributed by atoms with Gasteiger partial charge < -0.3 is 10.1 Å². The van der Waals surface area contributed by atoms with Crippen molar-refractivity contribution in [1.82, 2.24) is 9.97 Å². The van der Waals surface area contributed by atoms with Crippen molar-refractivity contribution in [3.63, 3.8) is 0 Å². The number of hydrogen-bond acceptors (Lipinski definition) is 4. The first-order valence-corrected chi connectivity index (χ1v) is 8.45. The smallest absolute Gasteiger partial charge is 0.137 e. The molecular weight excluding hydrogens is 354 g/mol. The summed E-state index contributed by atoms with van der Waals surface area (Å²) in [7, 11) is 0. The van der Waals surface area contributed by atoms with E-state index in [2.05, 4.69) is 69.7 Å². The summed E-state index contributed by atoms with van der Waals surface area (Å²) >= 11 is 3.59. The molecule has 1 N–H and O–H groups in total. The predicted molar refractivity (Wildman–Crippen MR) is 97.6 cm³/mol. The summed E-state index contributed by atoms with van der Waals surface area (Å²) in [5, 5.41) is 4.32. The predicted octanol–water partition coefficient (Wildman–Crippen LogP) is 4.68. The molecule has 2 aromatic rings. The lowest BCUT2D eigenvalue weighted by atomic mass is 10.1. The summed E-state index contributed by atoms with van der Waals surface area (Å²) in [5.41, 5.74) is 2.05. The highest BCUT2D eigenvalue weighted by atomic mass is 79.9. The largest absolute Gasteiger partial charge is 0.488 e. The van der Waals surface area contributed by atoms with Crippen LogP contribution < -0.4 is 10.1 Å². The van der Waals surface area contributed by atoms with Crippen molar-refractivity contribution >= 4 is 32.7 Å². The van der Waals surface area contributed by atoms with E-state index in [1.165, 1.54) is 5.57 Å². The first kappa shape index (κ1) is 16.0. The van der Waals surface area contributed by atoms with Gasteiger partial charge in [-0.05, 0) is 54.3 Å². The van der Waals surface area contributed by atoms with Gasteiger partial charge >= 0.3 is 0 Å². The Labute approximate surface area is 144 Å². The average Bonchev–Trinajstić information content (AvgIpc) is 2.54. The lowest BCUT2D eigenvalue weighted by Gasteiger charge is -2.14. The van der Waals surface area contributed by atoms with Crippen LogP contribution in [0.1, 0.15) is 20.3 Å².